The van der Waals surface area contributed by atoms with Gasteiger partial charge < -0.3 is 9.64 Å². The molecule has 1 aromatic rings. The summed E-state index contributed by atoms with van der Waals surface area (Å²) in [5, 5.41) is -0.627. The second kappa shape index (κ2) is 11.9. The predicted molar refractivity (Wildman–Crippen MR) is 155 cm³/mol. The quantitative estimate of drug-likeness (QED) is 0.274. The van der Waals surface area contributed by atoms with Crippen LogP contribution < -0.4 is 4.72 Å². The summed E-state index contributed by atoms with van der Waals surface area (Å²) in [6.45, 7) is 8.75. The van der Waals surface area contributed by atoms with Crippen molar-refractivity contribution in [3.8, 4) is 0 Å². The molecule has 0 spiro atoms. The number of ether oxygens (including phenoxy) is 1. The van der Waals surface area contributed by atoms with Crippen LogP contribution in [0.2, 0.25) is 0 Å². The number of nitrogens with zero attached hydrogens (tertiary/aromatic N) is 2. The molecule has 5 atom stereocenters. The highest BCUT2D eigenvalue weighted by Crippen LogP contribution is 2.57. The normalized spacial score (nSPS) is 26.4. The summed E-state index contributed by atoms with van der Waals surface area (Å²) < 4.78 is 47.0. The molecule has 1 saturated heterocycles. The smallest absolute Gasteiger partial charge is 0.410 e. The molecule has 11 nitrogen and oxygen atoms in total. The number of fused-ring (bicyclic) bond motifs is 1. The molecule has 2 aliphatic carbocycles. The minimum Gasteiger partial charge on any atom is -0.444 e. The van der Waals surface area contributed by atoms with Crippen LogP contribution in [0.4, 0.5) is 9.18 Å². The maximum absolute atomic E-state index is 14.2. The van der Waals surface area contributed by atoms with Gasteiger partial charge in [-0.25, -0.2) is 17.6 Å². The molecule has 1 N–H and O–H groups in total. The summed E-state index contributed by atoms with van der Waals surface area (Å²) in [7, 11) is -3.85. The number of carbonyl (C=O) groups is 5. The number of sulfonamides is 1. The molecule has 0 aromatic heterocycles. The second-order valence-corrected chi connectivity index (χ2v) is 14.2. The monoisotopic (exact) mass is 629 g/mol. The first kappa shape index (κ1) is 31.6. The molecule has 44 heavy (non-hydrogen) atoms. The highest BCUT2D eigenvalue weighted by atomic mass is 32.2. The Bertz CT molecular complexity index is 1540. The van der Waals surface area contributed by atoms with Crippen molar-refractivity contribution in [2.24, 2.45) is 17.3 Å². The van der Waals surface area contributed by atoms with Gasteiger partial charge in [0, 0.05) is 37.3 Å². The zero-order valence-electron chi connectivity index (χ0n) is 24.5. The number of nitrogens with one attached hydrogen (secondary N) is 1. The lowest BCUT2D eigenvalue weighted by atomic mass is 9.91. The number of hydrogen-bond acceptors (Lipinski definition) is 8. The van der Waals surface area contributed by atoms with Crippen LogP contribution in [0.15, 0.2) is 43.5 Å². The highest BCUT2D eigenvalue weighted by molar-refractivity contribution is 7.90. The molecule has 1 aromatic carbocycles. The van der Waals surface area contributed by atoms with Crippen LogP contribution in [0.1, 0.15) is 56.6 Å². The minimum atomic E-state index is -3.85. The van der Waals surface area contributed by atoms with Crippen molar-refractivity contribution in [2.45, 2.75) is 75.9 Å². The molecule has 13 heteroatoms. The minimum absolute atomic E-state index is 0.0175. The molecule has 0 bridgehead atoms. The Balaban J connectivity index is 1.32. The summed E-state index contributed by atoms with van der Waals surface area (Å²) in [4.78, 5) is 68.2. The summed E-state index contributed by atoms with van der Waals surface area (Å²) >= 11 is 0. The third kappa shape index (κ3) is 6.19. The van der Waals surface area contributed by atoms with Gasteiger partial charge in [-0.1, -0.05) is 31.7 Å². The van der Waals surface area contributed by atoms with E-state index in [1.54, 1.807) is 19.1 Å². The molecule has 3 amide bonds. The number of ketones is 2. The van der Waals surface area contributed by atoms with Gasteiger partial charge in [-0.05, 0) is 42.9 Å². The molecule has 2 saturated carbocycles. The maximum Gasteiger partial charge on any atom is 0.410 e. The summed E-state index contributed by atoms with van der Waals surface area (Å²) in [5.41, 5.74) is -0.262. The number of allylic oxidation sites excluding steroid dienone is 2. The van der Waals surface area contributed by atoms with Crippen LogP contribution in [0.3, 0.4) is 0 Å². The van der Waals surface area contributed by atoms with Gasteiger partial charge >= 0.3 is 6.09 Å². The van der Waals surface area contributed by atoms with Crippen LogP contribution in [0, 0.1) is 23.1 Å². The van der Waals surface area contributed by atoms with E-state index in [-0.39, 0.29) is 51.1 Å². The van der Waals surface area contributed by atoms with Crippen molar-refractivity contribution < 1.29 is 41.5 Å². The van der Waals surface area contributed by atoms with Crippen LogP contribution >= 0.6 is 0 Å². The predicted octanol–water partition coefficient (Wildman–Crippen LogP) is 2.79. The van der Waals surface area contributed by atoms with Gasteiger partial charge in [-0.15, -0.1) is 6.58 Å². The summed E-state index contributed by atoms with van der Waals surface area (Å²) in [6, 6.07) is 3.51. The summed E-state index contributed by atoms with van der Waals surface area (Å²) in [5.74, 6) is -3.77. The molecular weight excluding hydrogens is 593 g/mol. The van der Waals surface area contributed by atoms with Gasteiger partial charge in [-0.3, -0.25) is 28.8 Å². The number of Topliss-reactive ketones (excluding diaryl/α,β-unsaturated/α-hetero) is 1. The summed E-state index contributed by atoms with van der Waals surface area (Å²) in [6.07, 6.45) is 1.64. The van der Waals surface area contributed by atoms with Crippen molar-refractivity contribution >= 4 is 39.5 Å². The maximum atomic E-state index is 14.2. The Morgan fingerprint density at radius 3 is 2.52 bits per heavy atom. The van der Waals surface area contributed by atoms with E-state index in [0.717, 1.165) is 6.08 Å². The van der Waals surface area contributed by atoms with Crippen molar-refractivity contribution in [3.05, 3.63) is 60.5 Å². The largest absolute Gasteiger partial charge is 0.444 e. The van der Waals surface area contributed by atoms with Gasteiger partial charge in [0.25, 0.3) is 0 Å². The van der Waals surface area contributed by atoms with Crippen LogP contribution in [0.5, 0.6) is 0 Å². The molecule has 0 radical (unpaired) electrons. The van der Waals surface area contributed by atoms with E-state index in [4.69, 9.17) is 4.74 Å². The standard InChI is InChI=1S/C31H36FN3O8S/c1-4-20-13-31(20,29(39)33-44(41,42)23-9-10-23)14-27(37)26-12-22(16-35(26)28(38)18(3)11-21(36)5-2)43-30(40)34-15-19-7-6-8-25(32)24(19)17-34/h4-8,18,20,22-23,26H,1-2,9-17H2,3H3,(H,33,39)/t18-,20+,22+,26-,31+/m0/s1. The first-order valence-corrected chi connectivity index (χ1v) is 16.2. The van der Waals surface area contributed by atoms with Crippen molar-refractivity contribution in [3.63, 3.8) is 0 Å². The highest BCUT2D eigenvalue weighted by Gasteiger charge is 2.61. The molecule has 3 fully saturated rings. The van der Waals surface area contributed by atoms with E-state index < -0.39 is 74.2 Å². The van der Waals surface area contributed by atoms with E-state index in [2.05, 4.69) is 17.9 Å². The number of rotatable bonds is 12. The number of halogens is 1. The topological polar surface area (TPSA) is 147 Å². The average Bonchev–Trinajstić information content (AvgIpc) is 3.87. The SMILES string of the molecule is C=CC(=O)C[C@H](C)C(=O)N1C[C@H](OC(=O)N2Cc3cccc(F)c3C2)C[C@H]1C(=O)C[C@]1(C(=O)NS(=O)(=O)C2CC2)C[C@H]1C=C. The van der Waals surface area contributed by atoms with Crippen LogP contribution in [-0.4, -0.2) is 71.6 Å². The number of hydrogen-bond donors (Lipinski definition) is 1. The lowest BCUT2D eigenvalue weighted by Crippen LogP contribution is -2.46. The van der Waals surface area contributed by atoms with E-state index in [1.165, 1.54) is 21.9 Å². The fourth-order valence-electron chi connectivity index (χ4n) is 6.22. The molecule has 4 aliphatic rings. The molecule has 2 heterocycles. The van der Waals surface area contributed by atoms with Crippen LogP contribution in [0.25, 0.3) is 0 Å². The first-order chi connectivity index (χ1) is 20.8. The van der Waals surface area contributed by atoms with Gasteiger partial charge in [-0.2, -0.15) is 0 Å². The van der Waals surface area contributed by atoms with Crippen molar-refractivity contribution in [1.29, 1.82) is 0 Å². The first-order valence-electron chi connectivity index (χ1n) is 14.7. The Hall–Kier alpha value is -3.87. The number of amides is 3. The van der Waals surface area contributed by atoms with Gasteiger partial charge in [0.1, 0.15) is 11.9 Å². The zero-order chi connectivity index (χ0) is 32.0. The molecule has 236 valence electrons. The van der Waals surface area contributed by atoms with Gasteiger partial charge in [0.2, 0.25) is 21.8 Å². The number of likely N-dealkylation sites (tertiary alicyclic amines) is 1. The number of carbonyl (C=O) groups excluding carboxylic acids is 5. The molecule has 0 unspecified atom stereocenters. The lowest BCUT2D eigenvalue weighted by Gasteiger charge is -2.27. The van der Waals surface area contributed by atoms with Gasteiger partial charge in [0.15, 0.2) is 11.6 Å². The third-order valence-electron chi connectivity index (χ3n) is 9.08. The third-order valence-corrected chi connectivity index (χ3v) is 10.9. The van der Waals surface area contributed by atoms with E-state index >= 15 is 0 Å². The Kier molecular flexibility index (Phi) is 8.54. The average molecular weight is 630 g/mol. The van der Waals surface area contributed by atoms with Crippen LogP contribution in [-0.2, 0) is 47.0 Å². The molecule has 5 rings (SSSR count). The van der Waals surface area contributed by atoms with Crippen molar-refractivity contribution in [2.75, 3.05) is 6.54 Å². The Morgan fingerprint density at radius 2 is 1.91 bits per heavy atom. The fourth-order valence-corrected chi connectivity index (χ4v) is 7.61. The molecular formula is C31H36FN3O8S. The molecule has 2 aliphatic heterocycles. The number of benzene rings is 1. The lowest BCUT2D eigenvalue weighted by molar-refractivity contribution is -0.142. The van der Waals surface area contributed by atoms with E-state index in [0.29, 0.717) is 24.0 Å². The van der Waals surface area contributed by atoms with Gasteiger partial charge in [0.05, 0.1) is 29.8 Å². The van der Waals surface area contributed by atoms with E-state index in [9.17, 15) is 36.8 Å². The van der Waals surface area contributed by atoms with Crippen molar-refractivity contribution in [1.82, 2.24) is 14.5 Å². The Labute approximate surface area is 255 Å². The second-order valence-electron chi connectivity index (χ2n) is 12.3. The Morgan fingerprint density at radius 1 is 1.18 bits per heavy atom. The van der Waals surface area contributed by atoms with E-state index in [1.807, 2.05) is 0 Å². The fraction of sp³-hybridized carbons (Fsp3) is 0.516. The zero-order valence-corrected chi connectivity index (χ0v) is 25.3.